The Morgan fingerprint density at radius 2 is 2.47 bits per heavy atom. The normalized spacial score (nSPS) is 28.8. The maximum absolute atomic E-state index is 6.30. The monoisotopic (exact) mass is 320 g/mol. The highest BCUT2D eigenvalue weighted by molar-refractivity contribution is 9.09. The highest BCUT2D eigenvalue weighted by Gasteiger charge is 2.39. The highest BCUT2D eigenvalue weighted by Crippen LogP contribution is 2.45. The lowest BCUT2D eigenvalue weighted by molar-refractivity contribution is 0.180. The van der Waals surface area contributed by atoms with Gasteiger partial charge < -0.3 is 4.74 Å². The molecule has 1 aliphatic carbocycles. The van der Waals surface area contributed by atoms with Gasteiger partial charge in [0, 0.05) is 17.4 Å². The molecule has 0 aromatic carbocycles. The summed E-state index contributed by atoms with van der Waals surface area (Å²) in [6.07, 6.45) is 5.22. The molecule has 1 fully saturated rings. The van der Waals surface area contributed by atoms with Crippen molar-refractivity contribution < 1.29 is 4.74 Å². The van der Waals surface area contributed by atoms with Crippen LogP contribution in [-0.2, 0) is 16.7 Å². The fourth-order valence-electron chi connectivity index (χ4n) is 2.69. The second kappa shape index (κ2) is 5.29. The zero-order valence-electron chi connectivity index (χ0n) is 10.2. The van der Waals surface area contributed by atoms with Crippen molar-refractivity contribution in [1.29, 1.82) is 0 Å². The Morgan fingerprint density at radius 1 is 1.71 bits per heavy atom. The van der Waals surface area contributed by atoms with Crippen LogP contribution in [0.15, 0.2) is 6.20 Å². The van der Waals surface area contributed by atoms with Crippen LogP contribution >= 0.6 is 27.5 Å². The van der Waals surface area contributed by atoms with Gasteiger partial charge in [0.2, 0.25) is 0 Å². The Kier molecular flexibility index (Phi) is 4.16. The predicted molar refractivity (Wildman–Crippen MR) is 73.0 cm³/mol. The fraction of sp³-hybridized carbons (Fsp3) is 0.750. The first-order valence-electron chi connectivity index (χ1n) is 5.91. The molecular formula is C12H18BrClN2O. The molecule has 1 aromatic heterocycles. The lowest BCUT2D eigenvalue weighted by Gasteiger charge is -2.25. The van der Waals surface area contributed by atoms with E-state index in [4.69, 9.17) is 16.3 Å². The van der Waals surface area contributed by atoms with Crippen LogP contribution in [0.2, 0.25) is 5.02 Å². The summed E-state index contributed by atoms with van der Waals surface area (Å²) in [5, 5.41) is 5.14. The summed E-state index contributed by atoms with van der Waals surface area (Å²) in [7, 11) is 1.70. The number of hydrogen-bond acceptors (Lipinski definition) is 2. The number of methoxy groups -OCH3 is 1. The van der Waals surface area contributed by atoms with Crippen molar-refractivity contribution in [1.82, 2.24) is 9.78 Å². The molecule has 3 nitrogen and oxygen atoms in total. The molecule has 1 heterocycles. The molecule has 0 saturated heterocycles. The molecule has 2 rings (SSSR count). The Labute approximate surface area is 116 Å². The SMILES string of the molecule is COCCn1ncc(Cl)c1C1(C)CCC(Br)C1. The molecule has 1 saturated carbocycles. The van der Waals surface area contributed by atoms with Crippen molar-refractivity contribution in [2.45, 2.75) is 43.0 Å². The Morgan fingerprint density at radius 3 is 3.06 bits per heavy atom. The Hall–Kier alpha value is -0.0600. The van der Waals surface area contributed by atoms with Crippen molar-refractivity contribution in [3.8, 4) is 0 Å². The first kappa shape index (κ1) is 13.4. The van der Waals surface area contributed by atoms with Crippen LogP contribution in [0.4, 0.5) is 0 Å². The molecule has 2 atom stereocenters. The van der Waals surface area contributed by atoms with Crippen LogP contribution in [0.25, 0.3) is 0 Å². The standard InChI is InChI=1S/C12H18BrClN2O/c1-12(4-3-9(13)7-12)11-10(14)8-15-16(11)5-6-17-2/h8-9H,3-7H2,1-2H3. The molecule has 17 heavy (non-hydrogen) atoms. The first-order chi connectivity index (χ1) is 8.07. The van der Waals surface area contributed by atoms with Gasteiger partial charge >= 0.3 is 0 Å². The topological polar surface area (TPSA) is 27.1 Å². The number of rotatable bonds is 4. The quantitative estimate of drug-likeness (QED) is 0.795. The molecule has 2 unspecified atom stereocenters. The number of aromatic nitrogens is 2. The number of ether oxygens (including phenoxy) is 1. The number of nitrogens with zero attached hydrogens (tertiary/aromatic N) is 2. The molecule has 5 heteroatoms. The molecule has 0 amide bonds. The predicted octanol–water partition coefficient (Wildman–Crippen LogP) is 3.39. The van der Waals surface area contributed by atoms with Gasteiger partial charge in [-0.3, -0.25) is 4.68 Å². The zero-order chi connectivity index (χ0) is 12.5. The van der Waals surface area contributed by atoms with Crippen LogP contribution in [-0.4, -0.2) is 28.3 Å². The van der Waals surface area contributed by atoms with E-state index in [0.29, 0.717) is 11.4 Å². The van der Waals surface area contributed by atoms with E-state index in [0.717, 1.165) is 30.1 Å². The minimum Gasteiger partial charge on any atom is -0.383 e. The molecule has 0 aliphatic heterocycles. The van der Waals surface area contributed by atoms with Gasteiger partial charge in [-0.25, -0.2) is 0 Å². The molecule has 1 aliphatic rings. The van der Waals surface area contributed by atoms with E-state index in [1.165, 1.54) is 6.42 Å². The second-order valence-electron chi connectivity index (χ2n) is 4.96. The Bertz CT molecular complexity index is 396. The second-order valence-corrected chi connectivity index (χ2v) is 6.66. The summed E-state index contributed by atoms with van der Waals surface area (Å²) in [4.78, 5) is 0.592. The average molecular weight is 322 g/mol. The van der Waals surface area contributed by atoms with Crippen molar-refractivity contribution in [3.05, 3.63) is 16.9 Å². The smallest absolute Gasteiger partial charge is 0.0823 e. The molecule has 1 aromatic rings. The van der Waals surface area contributed by atoms with Crippen LogP contribution < -0.4 is 0 Å². The summed E-state index contributed by atoms with van der Waals surface area (Å²) < 4.78 is 7.11. The molecular weight excluding hydrogens is 304 g/mol. The number of alkyl halides is 1. The number of halogens is 2. The van der Waals surface area contributed by atoms with Crippen LogP contribution in [0, 0.1) is 0 Å². The molecule has 96 valence electrons. The lowest BCUT2D eigenvalue weighted by atomic mass is 9.85. The van der Waals surface area contributed by atoms with E-state index in [1.54, 1.807) is 13.3 Å². The van der Waals surface area contributed by atoms with E-state index in [1.807, 2.05) is 4.68 Å². The van der Waals surface area contributed by atoms with Gasteiger partial charge in [0.1, 0.15) is 0 Å². The van der Waals surface area contributed by atoms with E-state index >= 15 is 0 Å². The van der Waals surface area contributed by atoms with Crippen molar-refractivity contribution >= 4 is 27.5 Å². The van der Waals surface area contributed by atoms with Crippen LogP contribution in [0.1, 0.15) is 31.9 Å². The van der Waals surface area contributed by atoms with Gasteiger partial charge in [-0.15, -0.1) is 0 Å². The van der Waals surface area contributed by atoms with E-state index in [-0.39, 0.29) is 5.41 Å². The molecule has 0 spiro atoms. The average Bonchev–Trinajstić information content (AvgIpc) is 2.80. The minimum atomic E-state index is 0.134. The van der Waals surface area contributed by atoms with Crippen molar-refractivity contribution in [3.63, 3.8) is 0 Å². The van der Waals surface area contributed by atoms with Gasteiger partial charge in [0.05, 0.1) is 30.1 Å². The lowest BCUT2D eigenvalue weighted by Crippen LogP contribution is -2.24. The molecule has 0 radical (unpaired) electrons. The van der Waals surface area contributed by atoms with E-state index < -0.39 is 0 Å². The van der Waals surface area contributed by atoms with Gasteiger partial charge in [0.15, 0.2) is 0 Å². The third-order valence-electron chi connectivity index (χ3n) is 3.56. The maximum Gasteiger partial charge on any atom is 0.0823 e. The summed E-state index contributed by atoms with van der Waals surface area (Å²) in [6.45, 7) is 3.71. The molecule has 0 bridgehead atoms. The maximum atomic E-state index is 6.30. The van der Waals surface area contributed by atoms with E-state index in [9.17, 15) is 0 Å². The van der Waals surface area contributed by atoms with E-state index in [2.05, 4.69) is 28.0 Å². The number of hydrogen-bond donors (Lipinski definition) is 0. The van der Waals surface area contributed by atoms with Gasteiger partial charge in [-0.1, -0.05) is 34.5 Å². The van der Waals surface area contributed by atoms with Crippen LogP contribution in [0.3, 0.4) is 0 Å². The highest BCUT2D eigenvalue weighted by atomic mass is 79.9. The first-order valence-corrected chi connectivity index (χ1v) is 7.21. The fourth-order valence-corrected chi connectivity index (χ4v) is 4.01. The summed E-state index contributed by atoms with van der Waals surface area (Å²) in [6, 6.07) is 0. The third-order valence-corrected chi connectivity index (χ3v) is 4.61. The third kappa shape index (κ3) is 2.69. The summed E-state index contributed by atoms with van der Waals surface area (Å²) >= 11 is 10.0. The van der Waals surface area contributed by atoms with Gasteiger partial charge in [0.25, 0.3) is 0 Å². The largest absolute Gasteiger partial charge is 0.383 e. The van der Waals surface area contributed by atoms with Crippen molar-refractivity contribution in [2.75, 3.05) is 13.7 Å². The Balaban J connectivity index is 2.27. The summed E-state index contributed by atoms with van der Waals surface area (Å²) in [5.41, 5.74) is 1.30. The summed E-state index contributed by atoms with van der Waals surface area (Å²) in [5.74, 6) is 0. The van der Waals surface area contributed by atoms with Crippen molar-refractivity contribution in [2.24, 2.45) is 0 Å². The van der Waals surface area contributed by atoms with Gasteiger partial charge in [-0.2, -0.15) is 5.10 Å². The van der Waals surface area contributed by atoms with Gasteiger partial charge in [-0.05, 0) is 19.3 Å². The molecule has 0 N–H and O–H groups in total. The zero-order valence-corrected chi connectivity index (χ0v) is 12.6. The van der Waals surface area contributed by atoms with Crippen LogP contribution in [0.5, 0.6) is 0 Å². The minimum absolute atomic E-state index is 0.134.